The average Bonchev–Trinajstić information content (AvgIpc) is 2.14. The Morgan fingerprint density at radius 1 is 1.15 bits per heavy atom. The molecule has 114 valence electrons. The first-order chi connectivity index (χ1) is 7.98. The molecule has 0 aromatic carbocycles. The van der Waals surface area contributed by atoms with Crippen molar-refractivity contribution in [1.29, 1.82) is 0 Å². The Labute approximate surface area is 158 Å². The fraction of sp³-hybridized carbons (Fsp3) is 0.167. The predicted octanol–water partition coefficient (Wildman–Crippen LogP) is -4.55. The fourth-order valence-corrected chi connectivity index (χ4v) is 0.867. The monoisotopic (exact) mass is 361 g/mol. The van der Waals surface area contributed by atoms with Crippen molar-refractivity contribution in [3.8, 4) is 0 Å². The Balaban J connectivity index is -0.000000119. The molecule has 0 atom stereocenters. The Bertz CT molecular complexity index is 476. The van der Waals surface area contributed by atoms with E-state index in [2.05, 4.69) is 8.67 Å². The Morgan fingerprint density at radius 3 is 1.80 bits per heavy atom. The summed E-state index contributed by atoms with van der Waals surface area (Å²) in [5.41, 5.74) is 0. The quantitative estimate of drug-likeness (QED) is 0.0911. The first kappa shape index (κ1) is 28.4. The van der Waals surface area contributed by atoms with Gasteiger partial charge in [-0.25, -0.2) is 8.42 Å². The number of hydrogen-bond donors (Lipinski definition) is 2. The van der Waals surface area contributed by atoms with Crippen molar-refractivity contribution in [2.24, 2.45) is 0 Å². The summed E-state index contributed by atoms with van der Waals surface area (Å²) in [7, 11) is -10.3. The van der Waals surface area contributed by atoms with E-state index >= 15 is 0 Å². The van der Waals surface area contributed by atoms with Gasteiger partial charge in [0, 0.05) is 0 Å². The largest absolute Gasteiger partial charge is 1.00 e. The van der Waals surface area contributed by atoms with Crippen molar-refractivity contribution < 1.29 is 95.9 Å². The van der Waals surface area contributed by atoms with E-state index in [0.29, 0.717) is 0 Å². The molecule has 0 spiro atoms. The maximum absolute atomic E-state index is 9.64. The molecule has 0 saturated carbocycles. The second-order valence-corrected chi connectivity index (χ2v) is 4.12. The van der Waals surface area contributed by atoms with Crippen LogP contribution in [0.15, 0.2) is 24.3 Å². The summed E-state index contributed by atoms with van der Waals surface area (Å²) in [6.07, 6.45) is 5.74. The van der Waals surface area contributed by atoms with Crippen LogP contribution < -0.4 is 62.6 Å². The zero-order valence-corrected chi connectivity index (χ0v) is 15.5. The van der Waals surface area contributed by atoms with Gasteiger partial charge < -0.3 is 20.6 Å². The topological polar surface area (TPSA) is 207 Å². The first-order valence-corrected chi connectivity index (χ1v) is 6.49. The molecule has 20 heavy (non-hydrogen) atoms. The number of carbonyl (C=O) groups is 1. The van der Waals surface area contributed by atoms with Crippen LogP contribution in [0.1, 0.15) is 6.92 Å². The third-order valence-corrected chi connectivity index (χ3v) is 1.29. The van der Waals surface area contributed by atoms with Crippen LogP contribution >= 0.6 is 0 Å². The molecule has 0 fully saturated rings. The number of carbonyl (C=O) groups excluding carboxylic acids is 1. The molecular weight excluding hydrogens is 349 g/mol. The molecule has 0 radical (unpaired) electrons. The third kappa shape index (κ3) is 36.2. The molecule has 5 N–H and O–H groups in total. The van der Waals surface area contributed by atoms with E-state index in [9.17, 15) is 31.3 Å². The van der Waals surface area contributed by atoms with Crippen LogP contribution in [-0.2, 0) is 34.3 Å². The van der Waals surface area contributed by atoms with Gasteiger partial charge in [0.2, 0.25) is 10.4 Å². The van der Waals surface area contributed by atoms with Crippen LogP contribution in [0.4, 0.5) is 0 Å². The van der Waals surface area contributed by atoms with Crippen molar-refractivity contribution in [1.82, 2.24) is 6.15 Å². The molecule has 0 amide bonds. The van der Waals surface area contributed by atoms with Crippen LogP contribution in [0, 0.1) is 0 Å². The number of rotatable bonds is 5. The Hall–Kier alpha value is 0.286. The van der Waals surface area contributed by atoms with E-state index in [1.54, 1.807) is 19.1 Å². The third-order valence-electron chi connectivity index (χ3n) is 0.733. The van der Waals surface area contributed by atoms with Gasteiger partial charge in [0.1, 0.15) is 0 Å². The van der Waals surface area contributed by atoms with E-state index in [0.717, 1.165) is 6.08 Å². The molecule has 0 rings (SSSR count). The van der Waals surface area contributed by atoms with Crippen LogP contribution in [0.3, 0.4) is 0 Å². The molecule has 14 heteroatoms. The summed E-state index contributed by atoms with van der Waals surface area (Å²) in [5.74, 6) is -1.16. The molecule has 0 aliphatic carbocycles. The number of carboxylic acids is 1. The maximum Gasteiger partial charge on any atom is 1.00 e. The zero-order valence-electron chi connectivity index (χ0n) is 10.7. The zero-order chi connectivity index (χ0) is 14.8. The van der Waals surface area contributed by atoms with Gasteiger partial charge in [-0.05, 0) is 13.0 Å². The fourth-order valence-electron chi connectivity index (χ4n) is 0.314. The molecule has 0 aromatic heterocycles. The summed E-state index contributed by atoms with van der Waals surface area (Å²) in [6.45, 7) is 1.81. The molecule has 11 nitrogen and oxygen atoms in total. The molecule has 0 aromatic rings. The number of carboxylic acid groups (broad SMARTS) is 1. The van der Waals surface area contributed by atoms with Crippen molar-refractivity contribution >= 4 is 26.8 Å². The summed E-state index contributed by atoms with van der Waals surface area (Å²) in [5, 5.41) is 9.64. The van der Waals surface area contributed by atoms with Crippen LogP contribution in [-0.4, -0.2) is 31.9 Å². The minimum Gasteiger partial charge on any atom is -0.724 e. The van der Waals surface area contributed by atoms with E-state index in [-0.39, 0.29) is 57.5 Å². The van der Waals surface area contributed by atoms with E-state index < -0.39 is 26.8 Å². The van der Waals surface area contributed by atoms with Crippen molar-refractivity contribution in [3.63, 3.8) is 0 Å². The summed E-state index contributed by atoms with van der Waals surface area (Å²) in [4.78, 5) is 9.64. The van der Waals surface area contributed by atoms with Crippen molar-refractivity contribution in [2.75, 3.05) is 0 Å². The van der Waals surface area contributed by atoms with Gasteiger partial charge in [-0.1, -0.05) is 26.9 Å². The van der Waals surface area contributed by atoms with E-state index in [1.807, 2.05) is 0 Å². The average molecular weight is 361 g/mol. The smallest absolute Gasteiger partial charge is 0.724 e. The van der Waals surface area contributed by atoms with Gasteiger partial charge >= 0.3 is 61.8 Å². The molecular formula is C6H12KNO10S2. The van der Waals surface area contributed by atoms with E-state index in [4.69, 9.17) is 4.55 Å². The Morgan fingerprint density at radius 2 is 1.60 bits per heavy atom. The van der Waals surface area contributed by atoms with Crippen molar-refractivity contribution in [3.05, 3.63) is 24.3 Å². The number of allylic oxidation sites excluding steroid dienone is 3. The van der Waals surface area contributed by atoms with Crippen LogP contribution in [0.5, 0.6) is 0 Å². The minimum absolute atomic E-state index is 0. The normalized spacial score (nSPS) is 11.2. The molecule has 0 bridgehead atoms. The molecule has 0 unspecified atom stereocenters. The molecule has 0 heterocycles. The summed E-state index contributed by atoms with van der Waals surface area (Å²) in [6, 6.07) is 0. The Kier molecular flexibility index (Phi) is 20.2. The van der Waals surface area contributed by atoms with Gasteiger partial charge in [0.25, 0.3) is 0 Å². The first-order valence-electron chi connectivity index (χ1n) is 3.79. The van der Waals surface area contributed by atoms with Crippen LogP contribution in [0.2, 0.25) is 0 Å². The van der Waals surface area contributed by atoms with Gasteiger partial charge in [-0.15, -0.1) is 0 Å². The number of hydrogen-bond acceptors (Lipinski definition) is 9. The second-order valence-electron chi connectivity index (χ2n) is 2.18. The van der Waals surface area contributed by atoms with Gasteiger partial charge in [0.05, 0.1) is 5.97 Å². The minimum atomic E-state index is -5.27. The molecule has 0 saturated heterocycles. The van der Waals surface area contributed by atoms with Gasteiger partial charge in [-0.2, -0.15) is 8.42 Å². The standard InChI is InChI=1S/C6H8O2.K.H3N.H2O8S2/c1-2-3-4-5-6(7)8;;;1-9(2,3)7-8-10(4,5)6/h2-5H,1H3,(H,7,8);;1H3;(H,1,2,3)(H,4,5,6)/q;+1;;/p-1/b3-2+,5-4+;;;. The number of aliphatic carboxylic acids is 1. The summed E-state index contributed by atoms with van der Waals surface area (Å²) >= 11 is 0. The number of quaternary nitrogens is 1. The van der Waals surface area contributed by atoms with E-state index in [1.165, 1.54) is 6.08 Å². The van der Waals surface area contributed by atoms with Crippen molar-refractivity contribution in [2.45, 2.75) is 6.92 Å². The molecule has 0 aliphatic heterocycles. The predicted molar refractivity (Wildman–Crippen MR) is 58.4 cm³/mol. The van der Waals surface area contributed by atoms with Gasteiger partial charge in [0.15, 0.2) is 0 Å². The SMILES string of the molecule is C/C=C/C=C/C(=O)[O-].O=S(=O)([O-])OOS(=O)(=O)O.[K+].[NH4+]. The summed E-state index contributed by atoms with van der Waals surface area (Å²) < 4.78 is 60.2. The van der Waals surface area contributed by atoms with Gasteiger partial charge in [-0.3, -0.25) is 4.55 Å². The second kappa shape index (κ2) is 14.2. The maximum atomic E-state index is 9.64. The molecule has 0 aliphatic rings. The van der Waals surface area contributed by atoms with Crippen LogP contribution in [0.25, 0.3) is 0 Å².